The number of rotatable bonds is 3. The molecule has 0 spiro atoms. The van der Waals surface area contributed by atoms with E-state index < -0.39 is 6.67 Å². The second-order valence-corrected chi connectivity index (χ2v) is 4.75. The normalized spacial score (nSPS) is 10.7. The van der Waals surface area contributed by atoms with E-state index in [0.717, 1.165) is 11.1 Å². The zero-order valence-corrected chi connectivity index (χ0v) is 9.98. The highest BCUT2D eigenvalue weighted by Gasteiger charge is 2.11. The highest BCUT2D eigenvalue weighted by atomic mass is 35.5. The monoisotopic (exact) mass is 256 g/mol. The van der Waals surface area contributed by atoms with Crippen molar-refractivity contribution in [2.24, 2.45) is 0 Å². The Hall–Kier alpha value is -0.900. The molecule has 0 fully saturated rings. The van der Waals surface area contributed by atoms with Gasteiger partial charge in [-0.3, -0.25) is 0 Å². The summed E-state index contributed by atoms with van der Waals surface area (Å²) in [5.41, 5.74) is 2.51. The standard InChI is InChI=1S/C12H10ClFOS/c13-9-3-1-8(2-4-9)11-7-16-12(5-14)10(11)6-15/h1-4,7,15H,5-6H2. The molecule has 1 N–H and O–H groups in total. The fourth-order valence-corrected chi connectivity index (χ4v) is 2.62. The first-order valence-corrected chi connectivity index (χ1v) is 6.04. The van der Waals surface area contributed by atoms with Crippen LogP contribution >= 0.6 is 22.9 Å². The van der Waals surface area contributed by atoms with Crippen molar-refractivity contribution in [1.29, 1.82) is 0 Å². The van der Waals surface area contributed by atoms with Crippen LogP contribution in [-0.2, 0) is 13.3 Å². The van der Waals surface area contributed by atoms with Gasteiger partial charge in [-0.1, -0.05) is 23.7 Å². The van der Waals surface area contributed by atoms with Crippen molar-refractivity contribution in [3.63, 3.8) is 0 Å². The summed E-state index contributed by atoms with van der Waals surface area (Å²) in [5, 5.41) is 11.8. The fourth-order valence-electron chi connectivity index (χ4n) is 1.58. The van der Waals surface area contributed by atoms with Gasteiger partial charge in [-0.15, -0.1) is 11.3 Å². The molecule has 1 heterocycles. The number of thiophene rings is 1. The first-order chi connectivity index (χ1) is 7.76. The van der Waals surface area contributed by atoms with Gasteiger partial charge in [0.05, 0.1) is 6.61 Å². The van der Waals surface area contributed by atoms with E-state index in [2.05, 4.69) is 0 Å². The molecule has 1 nitrogen and oxygen atoms in total. The number of hydrogen-bond donors (Lipinski definition) is 1. The van der Waals surface area contributed by atoms with Crippen molar-refractivity contribution in [2.45, 2.75) is 13.3 Å². The zero-order chi connectivity index (χ0) is 11.5. The van der Waals surface area contributed by atoms with Crippen LogP contribution in [0.4, 0.5) is 4.39 Å². The lowest BCUT2D eigenvalue weighted by Crippen LogP contribution is -1.88. The van der Waals surface area contributed by atoms with E-state index in [1.807, 2.05) is 17.5 Å². The average molecular weight is 257 g/mol. The van der Waals surface area contributed by atoms with E-state index in [0.29, 0.717) is 15.5 Å². The van der Waals surface area contributed by atoms with Crippen LogP contribution in [0.25, 0.3) is 11.1 Å². The van der Waals surface area contributed by atoms with Gasteiger partial charge in [-0.05, 0) is 28.6 Å². The third-order valence-corrected chi connectivity index (χ3v) is 3.66. The maximum atomic E-state index is 12.6. The van der Waals surface area contributed by atoms with Crippen molar-refractivity contribution >= 4 is 22.9 Å². The summed E-state index contributed by atoms with van der Waals surface area (Å²) in [5.74, 6) is 0. The summed E-state index contributed by atoms with van der Waals surface area (Å²) in [6.07, 6.45) is 0. The highest BCUT2D eigenvalue weighted by molar-refractivity contribution is 7.10. The summed E-state index contributed by atoms with van der Waals surface area (Å²) in [6, 6.07) is 7.30. The van der Waals surface area contributed by atoms with Crippen LogP contribution in [0.15, 0.2) is 29.6 Å². The zero-order valence-electron chi connectivity index (χ0n) is 8.41. The van der Waals surface area contributed by atoms with Crippen molar-refractivity contribution in [1.82, 2.24) is 0 Å². The Morgan fingerprint density at radius 2 is 1.94 bits per heavy atom. The van der Waals surface area contributed by atoms with E-state index in [1.165, 1.54) is 11.3 Å². The molecule has 1 aromatic heterocycles. The van der Waals surface area contributed by atoms with Crippen LogP contribution in [0.5, 0.6) is 0 Å². The lowest BCUT2D eigenvalue weighted by Gasteiger charge is -2.03. The molecule has 0 aliphatic rings. The minimum absolute atomic E-state index is 0.138. The van der Waals surface area contributed by atoms with Gasteiger partial charge in [-0.2, -0.15) is 0 Å². The third-order valence-electron chi connectivity index (χ3n) is 2.42. The number of benzene rings is 1. The Labute approximate surface area is 102 Å². The molecule has 0 unspecified atom stereocenters. The Morgan fingerprint density at radius 3 is 2.50 bits per heavy atom. The fraction of sp³-hybridized carbons (Fsp3) is 0.167. The number of aliphatic hydroxyl groups excluding tert-OH is 1. The summed E-state index contributed by atoms with van der Waals surface area (Å²) in [7, 11) is 0. The second kappa shape index (κ2) is 4.95. The van der Waals surface area contributed by atoms with E-state index in [1.54, 1.807) is 12.1 Å². The minimum atomic E-state index is -0.534. The molecule has 0 amide bonds. The summed E-state index contributed by atoms with van der Waals surface area (Å²) in [6.45, 7) is -0.672. The summed E-state index contributed by atoms with van der Waals surface area (Å²) < 4.78 is 12.6. The molecule has 0 bridgehead atoms. The topological polar surface area (TPSA) is 20.2 Å². The lowest BCUT2D eigenvalue weighted by molar-refractivity contribution is 0.280. The molecule has 0 aliphatic carbocycles. The van der Waals surface area contributed by atoms with Crippen molar-refractivity contribution in [3.05, 3.63) is 45.1 Å². The number of alkyl halides is 1. The van der Waals surface area contributed by atoms with Gasteiger partial charge in [-0.25, -0.2) is 4.39 Å². The van der Waals surface area contributed by atoms with Crippen LogP contribution in [0.2, 0.25) is 5.02 Å². The molecule has 0 aliphatic heterocycles. The minimum Gasteiger partial charge on any atom is -0.392 e. The first-order valence-electron chi connectivity index (χ1n) is 4.78. The molecular formula is C12H10ClFOS. The van der Waals surface area contributed by atoms with Crippen molar-refractivity contribution in [3.8, 4) is 11.1 Å². The van der Waals surface area contributed by atoms with Crippen LogP contribution in [0, 0.1) is 0 Å². The molecule has 2 rings (SSSR count). The molecule has 2 aromatic rings. The van der Waals surface area contributed by atoms with Crippen LogP contribution in [0.1, 0.15) is 10.4 Å². The summed E-state index contributed by atoms with van der Waals surface area (Å²) in [4.78, 5) is 0.590. The summed E-state index contributed by atoms with van der Waals surface area (Å²) >= 11 is 7.13. The molecule has 1 aromatic carbocycles. The number of hydrogen-bond acceptors (Lipinski definition) is 2. The van der Waals surface area contributed by atoms with Gasteiger partial charge in [0.25, 0.3) is 0 Å². The van der Waals surface area contributed by atoms with Gasteiger partial charge in [0.1, 0.15) is 6.67 Å². The van der Waals surface area contributed by atoms with E-state index in [-0.39, 0.29) is 6.61 Å². The van der Waals surface area contributed by atoms with Gasteiger partial charge in [0.15, 0.2) is 0 Å². The Balaban J connectivity index is 2.47. The van der Waals surface area contributed by atoms with Gasteiger partial charge in [0, 0.05) is 15.5 Å². The highest BCUT2D eigenvalue weighted by Crippen LogP contribution is 2.32. The van der Waals surface area contributed by atoms with Crippen LogP contribution < -0.4 is 0 Å². The predicted octanol–water partition coefficient (Wildman–Crippen LogP) is 4.03. The molecule has 0 saturated carbocycles. The smallest absolute Gasteiger partial charge is 0.124 e. The Kier molecular flexibility index (Phi) is 3.59. The average Bonchev–Trinajstić information content (AvgIpc) is 2.72. The molecule has 4 heteroatoms. The number of aliphatic hydroxyl groups is 1. The molecule has 0 saturated heterocycles. The van der Waals surface area contributed by atoms with Gasteiger partial charge < -0.3 is 5.11 Å². The van der Waals surface area contributed by atoms with Crippen LogP contribution in [0.3, 0.4) is 0 Å². The third kappa shape index (κ3) is 2.12. The Morgan fingerprint density at radius 1 is 1.25 bits per heavy atom. The predicted molar refractivity (Wildman–Crippen MR) is 65.5 cm³/mol. The maximum absolute atomic E-state index is 12.6. The Bertz CT molecular complexity index is 478. The molecule has 16 heavy (non-hydrogen) atoms. The molecular weight excluding hydrogens is 247 g/mol. The van der Waals surface area contributed by atoms with Gasteiger partial charge in [0.2, 0.25) is 0 Å². The van der Waals surface area contributed by atoms with E-state index in [4.69, 9.17) is 11.6 Å². The van der Waals surface area contributed by atoms with E-state index in [9.17, 15) is 9.50 Å². The molecule has 0 atom stereocenters. The second-order valence-electron chi connectivity index (χ2n) is 3.35. The SMILES string of the molecule is OCc1c(-c2ccc(Cl)cc2)csc1CF. The van der Waals surface area contributed by atoms with Crippen LogP contribution in [-0.4, -0.2) is 5.11 Å². The van der Waals surface area contributed by atoms with Crippen molar-refractivity contribution < 1.29 is 9.50 Å². The largest absolute Gasteiger partial charge is 0.392 e. The maximum Gasteiger partial charge on any atom is 0.124 e. The molecule has 84 valence electrons. The lowest BCUT2D eigenvalue weighted by atomic mass is 10.0. The number of halogens is 2. The first kappa shape index (κ1) is 11.6. The quantitative estimate of drug-likeness (QED) is 0.879. The van der Waals surface area contributed by atoms with Crippen molar-refractivity contribution in [2.75, 3.05) is 0 Å². The van der Waals surface area contributed by atoms with Gasteiger partial charge >= 0.3 is 0 Å². The molecule has 0 radical (unpaired) electrons. The van der Waals surface area contributed by atoms with E-state index >= 15 is 0 Å².